The minimum Gasteiger partial charge on any atom is -0.451 e. The molecule has 1 aliphatic carbocycles. The fourth-order valence-corrected chi connectivity index (χ4v) is 3.92. The van der Waals surface area contributed by atoms with Crippen molar-refractivity contribution in [3.8, 4) is 11.4 Å². The van der Waals surface area contributed by atoms with Gasteiger partial charge in [0.2, 0.25) is 5.95 Å². The molecule has 3 aromatic rings. The number of amides is 1. The fraction of sp³-hybridized carbons (Fsp3) is 0.400. The van der Waals surface area contributed by atoms with Gasteiger partial charge < -0.3 is 9.15 Å². The maximum atomic E-state index is 14.5. The van der Waals surface area contributed by atoms with Gasteiger partial charge in [0.15, 0.2) is 17.9 Å². The molecule has 3 aromatic heterocycles. The van der Waals surface area contributed by atoms with Crippen LogP contribution in [0.25, 0.3) is 11.4 Å². The molecule has 4 rings (SSSR count). The number of aromatic nitrogens is 4. The predicted molar refractivity (Wildman–Crippen MR) is 107 cm³/mol. The normalized spacial score (nSPS) is 18.8. The van der Waals surface area contributed by atoms with Gasteiger partial charge in [0.25, 0.3) is 5.91 Å². The van der Waals surface area contributed by atoms with Crippen LogP contribution in [-0.4, -0.2) is 38.4 Å². The maximum absolute atomic E-state index is 14.5. The van der Waals surface area contributed by atoms with Crippen LogP contribution in [0.15, 0.2) is 35.4 Å². The zero-order valence-corrected chi connectivity index (χ0v) is 17.4. The highest BCUT2D eigenvalue weighted by Crippen LogP contribution is 2.36. The Bertz CT molecular complexity index is 1050. The molecule has 0 N–H and O–H groups in total. The molecule has 0 unspecified atom stereocenters. The molecule has 0 radical (unpaired) electrons. The molecular weight excluding hydrogens is 432 g/mol. The van der Waals surface area contributed by atoms with Crippen LogP contribution in [0.3, 0.4) is 0 Å². The molecule has 0 atom stereocenters. The summed E-state index contributed by atoms with van der Waals surface area (Å²) in [6.45, 7) is 2.61. The molecule has 1 fully saturated rings. The van der Waals surface area contributed by atoms with Crippen molar-refractivity contribution in [3.05, 3.63) is 48.4 Å². The highest BCUT2D eigenvalue weighted by atomic mass is 35.5. The van der Waals surface area contributed by atoms with Crippen LogP contribution >= 0.6 is 11.8 Å². The van der Waals surface area contributed by atoms with Crippen molar-refractivity contribution < 1.29 is 22.7 Å². The molecule has 3 heterocycles. The monoisotopic (exact) mass is 451 g/mol. The van der Waals surface area contributed by atoms with Gasteiger partial charge >= 0.3 is 0 Å². The molecule has 8 nitrogen and oxygen atoms in total. The van der Waals surface area contributed by atoms with Gasteiger partial charge in [0.05, 0.1) is 18.3 Å². The van der Waals surface area contributed by atoms with E-state index in [9.17, 15) is 13.6 Å². The summed E-state index contributed by atoms with van der Waals surface area (Å²) in [5.41, 5.74) is -0.358. The van der Waals surface area contributed by atoms with Gasteiger partial charge in [-0.15, -0.1) is 0 Å². The van der Waals surface area contributed by atoms with Crippen molar-refractivity contribution in [1.82, 2.24) is 19.7 Å². The highest BCUT2D eigenvalue weighted by molar-refractivity contribution is 6.39. The first-order valence-electron chi connectivity index (χ1n) is 9.89. The fourth-order valence-electron chi connectivity index (χ4n) is 3.71. The van der Waals surface area contributed by atoms with Crippen LogP contribution in [0.2, 0.25) is 0 Å². The van der Waals surface area contributed by atoms with E-state index < -0.39 is 17.7 Å². The summed E-state index contributed by atoms with van der Waals surface area (Å²) in [6.07, 6.45) is 7.21. The van der Waals surface area contributed by atoms with Crippen molar-refractivity contribution in [2.75, 3.05) is 11.0 Å². The van der Waals surface area contributed by atoms with E-state index in [4.69, 9.17) is 20.9 Å². The van der Waals surface area contributed by atoms with Crippen LogP contribution in [0.4, 0.5) is 14.5 Å². The molecule has 0 aliphatic heterocycles. The Kier molecular flexibility index (Phi) is 6.28. The lowest BCUT2D eigenvalue weighted by atomic mass is 9.93. The van der Waals surface area contributed by atoms with Gasteiger partial charge in [-0.25, -0.2) is 18.8 Å². The Morgan fingerprint density at radius 2 is 2.06 bits per heavy atom. The van der Waals surface area contributed by atoms with Crippen molar-refractivity contribution in [3.63, 3.8) is 0 Å². The quantitative estimate of drug-likeness (QED) is 0.404. The van der Waals surface area contributed by atoms with E-state index in [0.29, 0.717) is 6.61 Å². The SMILES string of the molecule is CCOC1CCC(n2cc(N(Cl)C(=O)c3cocn3)c(-c3nc(F)ccc3F)n2)CC1. The van der Waals surface area contributed by atoms with E-state index in [-0.39, 0.29) is 34.9 Å². The largest absolute Gasteiger partial charge is 0.451 e. The topological polar surface area (TPSA) is 86.3 Å². The van der Waals surface area contributed by atoms with E-state index in [0.717, 1.165) is 54.9 Å². The van der Waals surface area contributed by atoms with Gasteiger partial charge in [0.1, 0.15) is 23.3 Å². The summed E-state index contributed by atoms with van der Waals surface area (Å²) in [5, 5.41) is 4.45. The first-order valence-corrected chi connectivity index (χ1v) is 10.2. The molecule has 1 aliphatic rings. The van der Waals surface area contributed by atoms with Crippen molar-refractivity contribution in [1.29, 1.82) is 0 Å². The first-order chi connectivity index (χ1) is 15.0. The third-order valence-electron chi connectivity index (χ3n) is 5.21. The summed E-state index contributed by atoms with van der Waals surface area (Å²) in [7, 11) is 0. The van der Waals surface area contributed by atoms with Crippen LogP contribution < -0.4 is 4.42 Å². The van der Waals surface area contributed by atoms with E-state index in [2.05, 4.69) is 15.1 Å². The average Bonchev–Trinajstić information content (AvgIpc) is 3.46. The number of anilines is 1. The van der Waals surface area contributed by atoms with E-state index in [1.807, 2.05) is 6.92 Å². The molecule has 0 saturated heterocycles. The number of nitrogens with zero attached hydrogens (tertiary/aromatic N) is 5. The Labute approximate surface area is 181 Å². The number of oxazole rings is 1. The summed E-state index contributed by atoms with van der Waals surface area (Å²) < 4.78 is 41.2. The van der Waals surface area contributed by atoms with E-state index >= 15 is 0 Å². The lowest BCUT2D eigenvalue weighted by molar-refractivity contribution is 0.0260. The molecule has 11 heteroatoms. The summed E-state index contributed by atoms with van der Waals surface area (Å²) in [5.74, 6) is -2.36. The Balaban J connectivity index is 1.70. The minimum atomic E-state index is -0.877. The molecule has 0 bridgehead atoms. The molecule has 1 saturated carbocycles. The zero-order chi connectivity index (χ0) is 22.0. The summed E-state index contributed by atoms with van der Waals surface area (Å²) in [4.78, 5) is 20.1. The number of hydrogen-bond donors (Lipinski definition) is 0. The van der Waals surface area contributed by atoms with E-state index in [1.54, 1.807) is 4.68 Å². The van der Waals surface area contributed by atoms with Crippen LogP contribution in [-0.2, 0) is 4.74 Å². The van der Waals surface area contributed by atoms with Gasteiger partial charge in [-0.3, -0.25) is 9.48 Å². The second-order valence-corrected chi connectivity index (χ2v) is 7.49. The summed E-state index contributed by atoms with van der Waals surface area (Å²) in [6, 6.07) is 1.85. The number of rotatable bonds is 6. The summed E-state index contributed by atoms with van der Waals surface area (Å²) >= 11 is 6.30. The molecule has 164 valence electrons. The molecule has 31 heavy (non-hydrogen) atoms. The Morgan fingerprint density at radius 3 is 2.74 bits per heavy atom. The Morgan fingerprint density at radius 1 is 1.29 bits per heavy atom. The third-order valence-corrected chi connectivity index (χ3v) is 5.55. The van der Waals surface area contributed by atoms with Gasteiger partial charge in [-0.05, 0) is 44.7 Å². The molecule has 1 amide bonds. The molecule has 0 aromatic carbocycles. The van der Waals surface area contributed by atoms with Crippen molar-refractivity contribution in [2.45, 2.75) is 44.8 Å². The number of hydrogen-bond acceptors (Lipinski definition) is 6. The van der Waals surface area contributed by atoms with E-state index in [1.165, 1.54) is 6.20 Å². The van der Waals surface area contributed by atoms with Gasteiger partial charge in [0, 0.05) is 18.4 Å². The lowest BCUT2D eigenvalue weighted by Crippen LogP contribution is -2.24. The average molecular weight is 452 g/mol. The van der Waals surface area contributed by atoms with Crippen LogP contribution in [0.1, 0.15) is 49.1 Å². The minimum absolute atomic E-state index is 0.00644. The maximum Gasteiger partial charge on any atom is 0.294 e. The van der Waals surface area contributed by atoms with Crippen LogP contribution in [0, 0.1) is 11.8 Å². The standard InChI is InChI=1S/C20H20ClF2N5O3/c1-2-31-13-5-3-12(4-6-13)27-9-16(28(21)20(29)15-10-30-11-24-15)19(26-27)18-14(22)7-8-17(23)25-18/h7-13H,2-6H2,1H3. The molecular formula is C20H20ClF2N5O3. The Hall–Kier alpha value is -2.85. The van der Waals surface area contributed by atoms with Crippen LogP contribution in [0.5, 0.6) is 0 Å². The smallest absolute Gasteiger partial charge is 0.294 e. The van der Waals surface area contributed by atoms with Gasteiger partial charge in [-0.2, -0.15) is 9.49 Å². The van der Waals surface area contributed by atoms with Crippen molar-refractivity contribution in [2.24, 2.45) is 0 Å². The lowest BCUT2D eigenvalue weighted by Gasteiger charge is -2.28. The second-order valence-electron chi connectivity index (χ2n) is 7.15. The first kappa shape index (κ1) is 21.4. The number of carbonyl (C=O) groups excluding carboxylic acids is 1. The number of carbonyl (C=O) groups is 1. The predicted octanol–water partition coefficient (Wildman–Crippen LogP) is 4.53. The van der Waals surface area contributed by atoms with Crippen molar-refractivity contribution >= 4 is 23.4 Å². The zero-order valence-electron chi connectivity index (χ0n) is 16.7. The molecule has 0 spiro atoms. The number of ether oxygens (including phenoxy) is 1. The second kappa shape index (κ2) is 9.11. The number of pyridine rings is 1. The third kappa shape index (κ3) is 4.45. The highest BCUT2D eigenvalue weighted by Gasteiger charge is 2.30. The van der Waals surface area contributed by atoms with Gasteiger partial charge in [-0.1, -0.05) is 0 Å². The number of halogens is 3.